The zero-order chi connectivity index (χ0) is 29.8. The first-order valence-electron chi connectivity index (χ1n) is 13.6. The molecule has 4 N–H and O–H groups in total. The second-order valence-corrected chi connectivity index (χ2v) is 11.0. The summed E-state index contributed by atoms with van der Waals surface area (Å²) in [6.45, 7) is 3.91. The van der Waals surface area contributed by atoms with Crippen LogP contribution in [-0.4, -0.2) is 68.7 Å². The van der Waals surface area contributed by atoms with Crippen molar-refractivity contribution in [3.8, 4) is 11.1 Å². The maximum Gasteiger partial charge on any atom is 0.290 e. The average Bonchev–Trinajstić information content (AvgIpc) is 3.79. The number of halogens is 1. The van der Waals surface area contributed by atoms with Crippen molar-refractivity contribution in [2.75, 3.05) is 36.4 Å². The first kappa shape index (κ1) is 28.1. The van der Waals surface area contributed by atoms with Gasteiger partial charge < -0.3 is 20.3 Å². The van der Waals surface area contributed by atoms with Crippen LogP contribution in [0, 0.1) is 5.82 Å². The molecule has 1 aliphatic rings. The van der Waals surface area contributed by atoms with Gasteiger partial charge in [0.2, 0.25) is 0 Å². The third-order valence-corrected chi connectivity index (χ3v) is 8.25. The van der Waals surface area contributed by atoms with Gasteiger partial charge in [0.15, 0.2) is 0 Å². The summed E-state index contributed by atoms with van der Waals surface area (Å²) >= 11 is 1.50. The smallest absolute Gasteiger partial charge is 0.290 e. The molecule has 0 bridgehead atoms. The number of rotatable bonds is 6. The van der Waals surface area contributed by atoms with Crippen LogP contribution in [-0.2, 0) is 11.3 Å². The van der Waals surface area contributed by atoms with Crippen LogP contribution in [0.25, 0.3) is 32.9 Å². The summed E-state index contributed by atoms with van der Waals surface area (Å²) in [4.78, 5) is 34.1. The second kappa shape index (κ2) is 12.4. The molecular weight excluding hydrogens is 569 g/mol. The zero-order valence-electron chi connectivity index (χ0n) is 23.0. The molecule has 0 radical (unpaired) electrons. The van der Waals surface area contributed by atoms with Crippen LogP contribution in [0.1, 0.15) is 15.5 Å². The number of aromatic nitrogens is 4. The summed E-state index contributed by atoms with van der Waals surface area (Å²) in [5.74, 6) is -0.467. The lowest BCUT2D eigenvalue weighted by Crippen LogP contribution is -2.45. The Kier molecular flexibility index (Phi) is 8.11. The predicted molar refractivity (Wildman–Crippen MR) is 166 cm³/mol. The Hall–Kier alpha value is -5.07. The molecule has 0 unspecified atom stereocenters. The van der Waals surface area contributed by atoms with E-state index in [0.717, 1.165) is 69.8 Å². The highest BCUT2D eigenvalue weighted by atomic mass is 32.1. The molecule has 218 valence electrons. The first-order valence-corrected chi connectivity index (χ1v) is 14.5. The highest BCUT2D eigenvalue weighted by molar-refractivity contribution is 7.09. The van der Waals surface area contributed by atoms with Gasteiger partial charge >= 0.3 is 0 Å². The minimum atomic E-state index is -0.250. The van der Waals surface area contributed by atoms with Crippen molar-refractivity contribution in [3.63, 3.8) is 0 Å². The van der Waals surface area contributed by atoms with Gasteiger partial charge in [-0.15, -0.1) is 11.3 Å². The highest BCUT2D eigenvalue weighted by Crippen LogP contribution is 2.34. The minimum Gasteiger partial charge on any atom is -0.483 e. The Bertz CT molecular complexity index is 1870. The molecule has 6 aromatic rings. The summed E-state index contributed by atoms with van der Waals surface area (Å²) in [6.07, 6.45) is 3.65. The predicted octanol–water partition coefficient (Wildman–Crippen LogP) is 5.58. The fourth-order valence-corrected chi connectivity index (χ4v) is 6.14. The van der Waals surface area contributed by atoms with Gasteiger partial charge in [0.1, 0.15) is 16.5 Å². The third kappa shape index (κ3) is 6.10. The van der Waals surface area contributed by atoms with Crippen molar-refractivity contribution in [1.82, 2.24) is 25.1 Å². The van der Waals surface area contributed by atoms with E-state index in [1.54, 1.807) is 6.20 Å². The normalized spacial score (nSPS) is 13.6. The van der Waals surface area contributed by atoms with Gasteiger partial charge in [-0.3, -0.25) is 19.6 Å². The number of nitrogens with one attached hydrogen (secondary N) is 3. The minimum absolute atomic E-state index is 0.220. The van der Waals surface area contributed by atoms with Crippen molar-refractivity contribution in [2.45, 2.75) is 6.54 Å². The van der Waals surface area contributed by atoms with E-state index >= 15 is 0 Å². The Balaban J connectivity index is 0.00000105. The lowest BCUT2D eigenvalue weighted by atomic mass is 9.99. The van der Waals surface area contributed by atoms with E-state index in [2.05, 4.69) is 53.5 Å². The molecule has 0 saturated carbocycles. The number of anilines is 2. The second-order valence-electron chi connectivity index (χ2n) is 10.0. The molecule has 3 aromatic heterocycles. The third-order valence-electron chi connectivity index (χ3n) is 7.42. The summed E-state index contributed by atoms with van der Waals surface area (Å²) in [6, 6.07) is 18.9. The molecule has 4 heterocycles. The Morgan fingerprint density at radius 1 is 1.05 bits per heavy atom. The number of aromatic amines is 2. The molecular formula is C31H28FN7O3S. The van der Waals surface area contributed by atoms with Crippen LogP contribution in [0.4, 0.5) is 15.8 Å². The SMILES string of the molecule is O=C(Nc1cc(-c2cccc3[nH]ccc23)cc2[nH]ncc12)c1csc(CN2CCN(c3ccc(F)cc3)CC2)n1.O=CO. The molecule has 1 aliphatic heterocycles. The number of benzene rings is 3. The summed E-state index contributed by atoms with van der Waals surface area (Å²) in [5, 5.41) is 21.9. The summed E-state index contributed by atoms with van der Waals surface area (Å²) in [7, 11) is 0. The van der Waals surface area contributed by atoms with E-state index in [1.165, 1.54) is 23.5 Å². The van der Waals surface area contributed by atoms with Gasteiger partial charge in [-0.25, -0.2) is 9.37 Å². The quantitative estimate of drug-likeness (QED) is 0.184. The molecule has 0 spiro atoms. The number of hydrogen-bond acceptors (Lipinski definition) is 7. The van der Waals surface area contributed by atoms with Crippen molar-refractivity contribution < 1.29 is 19.1 Å². The molecule has 0 aliphatic carbocycles. The molecule has 3 aromatic carbocycles. The molecule has 10 nitrogen and oxygen atoms in total. The molecule has 1 fully saturated rings. The molecule has 12 heteroatoms. The van der Waals surface area contributed by atoms with Crippen LogP contribution in [0.2, 0.25) is 0 Å². The van der Waals surface area contributed by atoms with Crippen molar-refractivity contribution in [3.05, 3.63) is 95.0 Å². The van der Waals surface area contributed by atoms with E-state index in [9.17, 15) is 9.18 Å². The van der Waals surface area contributed by atoms with Gasteiger partial charge in [0, 0.05) is 59.7 Å². The van der Waals surface area contributed by atoms with Crippen LogP contribution in [0.3, 0.4) is 0 Å². The Labute approximate surface area is 249 Å². The van der Waals surface area contributed by atoms with E-state index in [-0.39, 0.29) is 18.2 Å². The first-order chi connectivity index (χ1) is 21.0. The van der Waals surface area contributed by atoms with E-state index in [4.69, 9.17) is 9.90 Å². The number of H-pyrrole nitrogens is 2. The number of amides is 1. The maximum absolute atomic E-state index is 13.3. The van der Waals surface area contributed by atoms with Gasteiger partial charge in [-0.1, -0.05) is 12.1 Å². The van der Waals surface area contributed by atoms with Crippen LogP contribution in [0.15, 0.2) is 78.4 Å². The number of piperazine rings is 1. The zero-order valence-corrected chi connectivity index (χ0v) is 23.8. The van der Waals surface area contributed by atoms with Gasteiger partial charge in [-0.05, 0) is 59.7 Å². The maximum atomic E-state index is 13.3. The Morgan fingerprint density at radius 2 is 1.84 bits per heavy atom. The standard InChI is InChI=1S/C30H26FN7OS.CH2O2/c31-20-4-6-21(7-5-20)38-12-10-37(11-13-38)17-29-34-28(18-40-29)30(39)35-26-14-19(15-27-24(26)16-33-36-27)22-2-1-3-25-23(22)8-9-32-25;2-1-3/h1-9,14-16,18,32H,10-13,17H2,(H,33,36)(H,35,39);1H,(H,2,3). The number of carboxylic acid groups (broad SMARTS) is 1. The number of thiazole rings is 1. The summed E-state index contributed by atoms with van der Waals surface area (Å²) in [5.41, 5.74) is 6.08. The lowest BCUT2D eigenvalue weighted by Gasteiger charge is -2.35. The topological polar surface area (TPSA) is 130 Å². The molecule has 43 heavy (non-hydrogen) atoms. The highest BCUT2D eigenvalue weighted by Gasteiger charge is 2.20. The van der Waals surface area contributed by atoms with Crippen molar-refractivity contribution in [2.24, 2.45) is 0 Å². The van der Waals surface area contributed by atoms with Crippen LogP contribution >= 0.6 is 11.3 Å². The van der Waals surface area contributed by atoms with E-state index in [0.29, 0.717) is 17.9 Å². The largest absolute Gasteiger partial charge is 0.483 e. The van der Waals surface area contributed by atoms with E-state index < -0.39 is 0 Å². The fraction of sp³-hybridized carbons (Fsp3) is 0.161. The molecule has 1 amide bonds. The average molecular weight is 598 g/mol. The number of fused-ring (bicyclic) bond motifs is 2. The van der Waals surface area contributed by atoms with Gasteiger partial charge in [-0.2, -0.15) is 5.10 Å². The molecule has 7 rings (SSSR count). The van der Waals surface area contributed by atoms with Crippen molar-refractivity contribution >= 4 is 56.9 Å². The van der Waals surface area contributed by atoms with Crippen LogP contribution in [0.5, 0.6) is 0 Å². The fourth-order valence-electron chi connectivity index (χ4n) is 5.33. The van der Waals surface area contributed by atoms with Gasteiger partial charge in [0.25, 0.3) is 12.4 Å². The number of hydrogen-bond donors (Lipinski definition) is 4. The number of carbonyl (C=O) groups excluding carboxylic acids is 1. The summed E-state index contributed by atoms with van der Waals surface area (Å²) < 4.78 is 13.3. The number of carbonyl (C=O) groups is 2. The van der Waals surface area contributed by atoms with Crippen LogP contribution < -0.4 is 10.2 Å². The lowest BCUT2D eigenvalue weighted by molar-refractivity contribution is -0.122. The van der Waals surface area contributed by atoms with Crippen molar-refractivity contribution in [1.29, 1.82) is 0 Å². The Morgan fingerprint density at radius 3 is 2.63 bits per heavy atom. The monoisotopic (exact) mass is 597 g/mol. The van der Waals surface area contributed by atoms with Gasteiger partial charge in [0.05, 0.1) is 23.9 Å². The van der Waals surface area contributed by atoms with E-state index in [1.807, 2.05) is 41.9 Å². The number of nitrogens with zero attached hydrogens (tertiary/aromatic N) is 4. The molecule has 1 saturated heterocycles. The molecule has 0 atom stereocenters.